The van der Waals surface area contributed by atoms with E-state index in [1.54, 1.807) is 4.90 Å². The van der Waals surface area contributed by atoms with Crippen LogP contribution in [0.3, 0.4) is 0 Å². The number of amides is 1. The molecule has 2 aromatic rings. The van der Waals surface area contributed by atoms with Gasteiger partial charge in [0.2, 0.25) is 10.0 Å². The molecule has 4 rings (SSSR count). The number of benzene rings is 2. The Morgan fingerprint density at radius 3 is 2.45 bits per heavy atom. The molecule has 1 aliphatic carbocycles. The first-order chi connectivity index (χ1) is 14.9. The monoisotopic (exact) mass is 443 g/mol. The molecule has 31 heavy (non-hydrogen) atoms. The normalized spacial score (nSPS) is 17.9. The second-order valence-corrected chi connectivity index (χ2v) is 9.63. The zero-order valence-electron chi connectivity index (χ0n) is 17.2. The summed E-state index contributed by atoms with van der Waals surface area (Å²) in [6.45, 7) is 3.32. The van der Waals surface area contributed by atoms with E-state index in [1.807, 2.05) is 30.3 Å². The van der Waals surface area contributed by atoms with E-state index in [2.05, 4.69) is 21.8 Å². The van der Waals surface area contributed by atoms with Gasteiger partial charge in [-0.3, -0.25) is 9.69 Å². The minimum atomic E-state index is -3.97. The molecule has 0 bridgehead atoms. The molecule has 1 amide bonds. The molecule has 2 fully saturated rings. The Morgan fingerprint density at radius 1 is 1.06 bits per heavy atom. The van der Waals surface area contributed by atoms with Crippen molar-refractivity contribution in [3.8, 4) is 0 Å². The predicted octanol–water partition coefficient (Wildman–Crippen LogP) is 2.74. The lowest BCUT2D eigenvalue weighted by Gasteiger charge is -2.34. The van der Waals surface area contributed by atoms with E-state index in [1.165, 1.54) is 6.07 Å². The number of hydrogen-bond donors (Lipinski definition) is 1. The number of rotatable bonds is 7. The van der Waals surface area contributed by atoms with Crippen molar-refractivity contribution >= 4 is 22.0 Å². The molecule has 164 valence electrons. The van der Waals surface area contributed by atoms with Crippen molar-refractivity contribution in [3.05, 3.63) is 71.6 Å². The second-order valence-electron chi connectivity index (χ2n) is 7.95. The summed E-state index contributed by atoms with van der Waals surface area (Å²) in [7, 11) is -3.97. The zero-order chi connectivity index (χ0) is 21.8. The van der Waals surface area contributed by atoms with Gasteiger partial charge in [-0.25, -0.2) is 17.5 Å². The first-order valence-corrected chi connectivity index (χ1v) is 12.0. The van der Waals surface area contributed by atoms with Crippen LogP contribution in [0.1, 0.15) is 28.8 Å². The number of sulfonamides is 1. The number of nitrogens with one attached hydrogen (secondary N) is 1. The highest BCUT2D eigenvalue weighted by atomic mass is 32.2. The van der Waals surface area contributed by atoms with E-state index in [-0.39, 0.29) is 17.5 Å². The number of nitrogens with zero attached hydrogens (tertiary/aromatic N) is 2. The van der Waals surface area contributed by atoms with Crippen LogP contribution >= 0.6 is 0 Å². The van der Waals surface area contributed by atoms with Crippen LogP contribution in [-0.4, -0.2) is 62.9 Å². The van der Waals surface area contributed by atoms with Gasteiger partial charge in [-0.05, 0) is 36.6 Å². The van der Waals surface area contributed by atoms with Gasteiger partial charge >= 0.3 is 0 Å². The average Bonchev–Trinajstić information content (AvgIpc) is 3.58. The molecule has 0 spiro atoms. The molecule has 8 heteroatoms. The van der Waals surface area contributed by atoms with Gasteiger partial charge in [0.25, 0.3) is 5.91 Å². The molecule has 0 unspecified atom stereocenters. The largest absolute Gasteiger partial charge is 0.336 e. The summed E-state index contributed by atoms with van der Waals surface area (Å²) < 4.78 is 41.5. The maximum atomic E-state index is 14.2. The fraction of sp³-hybridized carbons (Fsp3) is 0.348. The number of halogens is 1. The molecule has 0 aromatic heterocycles. The van der Waals surface area contributed by atoms with E-state index in [0.717, 1.165) is 50.2 Å². The number of hydrogen-bond acceptors (Lipinski definition) is 4. The quantitative estimate of drug-likeness (QED) is 0.715. The molecule has 1 aliphatic heterocycles. The summed E-state index contributed by atoms with van der Waals surface area (Å²) in [6, 6.07) is 13.5. The highest BCUT2D eigenvalue weighted by molar-refractivity contribution is 7.89. The molecule has 1 saturated carbocycles. The van der Waals surface area contributed by atoms with Crippen molar-refractivity contribution < 1.29 is 17.6 Å². The third-order valence-corrected chi connectivity index (χ3v) is 7.04. The fourth-order valence-electron chi connectivity index (χ4n) is 3.54. The molecule has 2 aromatic carbocycles. The number of piperazine rings is 1. The maximum Gasteiger partial charge on any atom is 0.253 e. The Balaban J connectivity index is 1.35. The van der Waals surface area contributed by atoms with Crippen molar-refractivity contribution in [2.24, 2.45) is 0 Å². The average molecular weight is 444 g/mol. The Hall–Kier alpha value is -2.55. The highest BCUT2D eigenvalue weighted by Crippen LogP contribution is 2.24. The van der Waals surface area contributed by atoms with Gasteiger partial charge in [-0.15, -0.1) is 0 Å². The summed E-state index contributed by atoms with van der Waals surface area (Å²) in [5.41, 5.74) is 1.34. The second kappa shape index (κ2) is 9.30. The molecule has 0 atom stereocenters. The van der Waals surface area contributed by atoms with Gasteiger partial charge in [-0.2, -0.15) is 0 Å². The van der Waals surface area contributed by atoms with Gasteiger partial charge in [-0.1, -0.05) is 42.5 Å². The number of carbonyl (C=O) groups is 1. The standard InChI is InChI=1S/C23H26FN3O3S/c24-21-11-8-19(17-22(21)31(29,30)25-20-9-10-20)23(28)27-15-13-26(14-16-27)12-4-7-18-5-2-1-3-6-18/h1-8,11,17,20,25H,9-10,12-16H2/b7-4+. The van der Waals surface area contributed by atoms with Crippen LogP contribution in [-0.2, 0) is 10.0 Å². The summed E-state index contributed by atoms with van der Waals surface area (Å²) in [4.78, 5) is 16.4. The summed E-state index contributed by atoms with van der Waals surface area (Å²) in [5.74, 6) is -1.12. The zero-order valence-corrected chi connectivity index (χ0v) is 18.0. The summed E-state index contributed by atoms with van der Waals surface area (Å²) >= 11 is 0. The lowest BCUT2D eigenvalue weighted by atomic mass is 10.1. The van der Waals surface area contributed by atoms with Crippen LogP contribution in [0.25, 0.3) is 6.08 Å². The Morgan fingerprint density at radius 2 is 1.77 bits per heavy atom. The topological polar surface area (TPSA) is 69.7 Å². The van der Waals surface area contributed by atoms with Crippen molar-refractivity contribution in [1.82, 2.24) is 14.5 Å². The summed E-state index contributed by atoms with van der Waals surface area (Å²) in [5, 5.41) is 0. The van der Waals surface area contributed by atoms with Gasteiger partial charge in [0.05, 0.1) is 0 Å². The smallest absolute Gasteiger partial charge is 0.253 e. The van der Waals surface area contributed by atoms with Crippen LogP contribution in [0.2, 0.25) is 0 Å². The van der Waals surface area contributed by atoms with E-state index in [0.29, 0.717) is 13.1 Å². The van der Waals surface area contributed by atoms with Gasteiger partial charge in [0.1, 0.15) is 10.7 Å². The van der Waals surface area contributed by atoms with Crippen LogP contribution < -0.4 is 4.72 Å². The van der Waals surface area contributed by atoms with Crippen LogP contribution in [0.15, 0.2) is 59.5 Å². The minimum absolute atomic E-state index is 0.132. The van der Waals surface area contributed by atoms with Crippen molar-refractivity contribution in [1.29, 1.82) is 0 Å². The first-order valence-electron chi connectivity index (χ1n) is 10.5. The lowest BCUT2D eigenvalue weighted by Crippen LogP contribution is -2.48. The van der Waals surface area contributed by atoms with E-state index < -0.39 is 20.7 Å². The highest BCUT2D eigenvalue weighted by Gasteiger charge is 2.31. The third-order valence-electron chi connectivity index (χ3n) is 5.50. The SMILES string of the molecule is O=C(c1ccc(F)c(S(=O)(=O)NC2CC2)c1)N1CCN(C/C=C/c2ccccc2)CC1. The fourth-order valence-corrected chi connectivity index (χ4v) is 4.95. The van der Waals surface area contributed by atoms with Crippen LogP contribution in [0.4, 0.5) is 4.39 Å². The van der Waals surface area contributed by atoms with Gasteiger partial charge < -0.3 is 4.90 Å². The lowest BCUT2D eigenvalue weighted by molar-refractivity contribution is 0.0650. The van der Waals surface area contributed by atoms with Crippen molar-refractivity contribution in [3.63, 3.8) is 0 Å². The maximum absolute atomic E-state index is 14.2. The third kappa shape index (κ3) is 5.58. The Labute approximate surface area is 182 Å². The van der Waals surface area contributed by atoms with E-state index >= 15 is 0 Å². The Kier molecular flexibility index (Phi) is 6.50. The van der Waals surface area contributed by atoms with E-state index in [9.17, 15) is 17.6 Å². The number of carbonyl (C=O) groups excluding carboxylic acids is 1. The Bertz CT molecular complexity index is 1060. The molecule has 1 heterocycles. The molecular formula is C23H26FN3O3S. The minimum Gasteiger partial charge on any atom is -0.336 e. The molecule has 0 radical (unpaired) electrons. The van der Waals surface area contributed by atoms with Gasteiger partial charge in [0, 0.05) is 44.3 Å². The molecular weight excluding hydrogens is 417 g/mol. The predicted molar refractivity (Wildman–Crippen MR) is 118 cm³/mol. The van der Waals surface area contributed by atoms with Crippen LogP contribution in [0, 0.1) is 5.82 Å². The van der Waals surface area contributed by atoms with Gasteiger partial charge in [0.15, 0.2) is 0 Å². The molecule has 6 nitrogen and oxygen atoms in total. The van der Waals surface area contributed by atoms with Crippen molar-refractivity contribution in [2.75, 3.05) is 32.7 Å². The van der Waals surface area contributed by atoms with E-state index in [4.69, 9.17) is 0 Å². The van der Waals surface area contributed by atoms with Crippen molar-refractivity contribution in [2.45, 2.75) is 23.8 Å². The summed E-state index contributed by atoms with van der Waals surface area (Å²) in [6.07, 6.45) is 5.69. The molecule has 1 saturated heterocycles. The van der Waals surface area contributed by atoms with Crippen LogP contribution in [0.5, 0.6) is 0 Å². The molecule has 1 N–H and O–H groups in total. The molecule has 2 aliphatic rings. The first kappa shape index (κ1) is 21.7.